The summed E-state index contributed by atoms with van der Waals surface area (Å²) in [6.45, 7) is 4.45. The summed E-state index contributed by atoms with van der Waals surface area (Å²) >= 11 is 0. The molecule has 0 aromatic carbocycles. The molecule has 8 heteroatoms. The van der Waals surface area contributed by atoms with Crippen molar-refractivity contribution in [3.63, 3.8) is 0 Å². The topological polar surface area (TPSA) is 102 Å². The lowest BCUT2D eigenvalue weighted by Gasteiger charge is -2.36. The fourth-order valence-corrected chi connectivity index (χ4v) is 3.64. The zero-order chi connectivity index (χ0) is 14.6. The summed E-state index contributed by atoms with van der Waals surface area (Å²) in [4.78, 5) is 12.6. The molecule has 0 bridgehead atoms. The Hall–Kier alpha value is -1.17. The number of piperazine rings is 1. The zero-order valence-corrected chi connectivity index (χ0v) is 11.9. The Bertz CT molecular complexity index is 463. The number of hydrogen-bond donors (Lipinski definition) is 1. The normalized spacial score (nSPS) is 21.5. The highest BCUT2D eigenvalue weighted by Gasteiger charge is 2.34. The summed E-state index contributed by atoms with van der Waals surface area (Å²) in [6, 6.07) is 1.18. The standard InChI is InChI=1S/C11H19N3O4S/c1-3-10(8-12)19(17,18)14-6-4-13(5-7-14)9(2)11(15)16/h9-10H,3-7H2,1-2H3,(H,15,16). The molecule has 1 aliphatic heterocycles. The molecule has 1 aliphatic rings. The molecule has 1 rings (SSSR count). The maximum atomic E-state index is 12.1. The highest BCUT2D eigenvalue weighted by Crippen LogP contribution is 2.16. The number of aliphatic carboxylic acids is 1. The van der Waals surface area contributed by atoms with Gasteiger partial charge in [0.25, 0.3) is 0 Å². The second-order valence-corrected chi connectivity index (χ2v) is 6.64. The van der Waals surface area contributed by atoms with E-state index in [1.54, 1.807) is 24.8 Å². The maximum Gasteiger partial charge on any atom is 0.320 e. The van der Waals surface area contributed by atoms with Gasteiger partial charge in [0.15, 0.2) is 5.25 Å². The Morgan fingerprint density at radius 2 is 1.89 bits per heavy atom. The average molecular weight is 289 g/mol. The van der Waals surface area contributed by atoms with Gasteiger partial charge in [-0.05, 0) is 13.3 Å². The first-order valence-electron chi connectivity index (χ1n) is 6.20. The average Bonchev–Trinajstić information content (AvgIpc) is 2.39. The van der Waals surface area contributed by atoms with Crippen LogP contribution in [0, 0.1) is 11.3 Å². The summed E-state index contributed by atoms with van der Waals surface area (Å²) in [6.07, 6.45) is 0.255. The van der Waals surface area contributed by atoms with E-state index in [-0.39, 0.29) is 19.5 Å². The van der Waals surface area contributed by atoms with E-state index in [0.29, 0.717) is 13.1 Å². The van der Waals surface area contributed by atoms with Gasteiger partial charge in [-0.1, -0.05) is 6.92 Å². The van der Waals surface area contributed by atoms with Crippen molar-refractivity contribution in [2.24, 2.45) is 0 Å². The van der Waals surface area contributed by atoms with E-state index in [2.05, 4.69) is 0 Å². The lowest BCUT2D eigenvalue weighted by molar-refractivity contribution is -0.143. The van der Waals surface area contributed by atoms with Crippen LogP contribution in [0.5, 0.6) is 0 Å². The van der Waals surface area contributed by atoms with Gasteiger partial charge in [0.1, 0.15) is 6.04 Å². The van der Waals surface area contributed by atoms with E-state index in [9.17, 15) is 13.2 Å². The van der Waals surface area contributed by atoms with Crippen LogP contribution in [0.1, 0.15) is 20.3 Å². The van der Waals surface area contributed by atoms with Crippen LogP contribution >= 0.6 is 0 Å². The van der Waals surface area contributed by atoms with Crippen molar-refractivity contribution in [2.45, 2.75) is 31.6 Å². The van der Waals surface area contributed by atoms with E-state index in [1.807, 2.05) is 0 Å². The van der Waals surface area contributed by atoms with E-state index in [0.717, 1.165) is 0 Å². The fourth-order valence-electron chi connectivity index (χ4n) is 2.05. The summed E-state index contributed by atoms with van der Waals surface area (Å²) in [5.74, 6) is -0.917. The van der Waals surface area contributed by atoms with Gasteiger partial charge in [0, 0.05) is 26.2 Å². The van der Waals surface area contributed by atoms with Crippen molar-refractivity contribution in [3.8, 4) is 6.07 Å². The number of sulfonamides is 1. The number of nitrogens with zero attached hydrogens (tertiary/aromatic N) is 3. The summed E-state index contributed by atoms with van der Waals surface area (Å²) in [5, 5.41) is 16.8. The molecule has 0 amide bonds. The molecule has 2 unspecified atom stereocenters. The van der Waals surface area contributed by atoms with Crippen LogP contribution in [-0.4, -0.2) is 66.2 Å². The van der Waals surface area contributed by atoms with Gasteiger partial charge in [-0.3, -0.25) is 9.69 Å². The molecule has 1 heterocycles. The minimum absolute atomic E-state index is 0.234. The van der Waals surface area contributed by atoms with Crippen molar-refractivity contribution < 1.29 is 18.3 Å². The number of carbonyl (C=O) groups is 1. The number of carboxylic acids is 1. The molecule has 19 heavy (non-hydrogen) atoms. The van der Waals surface area contributed by atoms with Gasteiger partial charge < -0.3 is 5.11 Å². The van der Waals surface area contributed by atoms with Crippen molar-refractivity contribution in [1.29, 1.82) is 5.26 Å². The molecule has 1 fully saturated rings. The Labute approximate surface area is 113 Å². The Kier molecular flexibility index (Phi) is 5.29. The monoisotopic (exact) mass is 289 g/mol. The molecule has 0 radical (unpaired) electrons. The molecular weight excluding hydrogens is 270 g/mol. The zero-order valence-electron chi connectivity index (χ0n) is 11.1. The predicted octanol–water partition coefficient (Wildman–Crippen LogP) is -0.291. The number of nitriles is 1. The van der Waals surface area contributed by atoms with E-state index < -0.39 is 27.3 Å². The smallest absolute Gasteiger partial charge is 0.320 e. The minimum Gasteiger partial charge on any atom is -0.480 e. The van der Waals surface area contributed by atoms with Crippen LogP contribution < -0.4 is 0 Å². The highest BCUT2D eigenvalue weighted by molar-refractivity contribution is 7.90. The first kappa shape index (κ1) is 15.9. The van der Waals surface area contributed by atoms with Gasteiger partial charge in [-0.25, -0.2) is 8.42 Å². The second kappa shape index (κ2) is 6.32. The summed E-state index contributed by atoms with van der Waals surface area (Å²) < 4.78 is 25.5. The molecule has 0 aromatic heterocycles. The first-order valence-corrected chi connectivity index (χ1v) is 7.70. The molecule has 2 atom stereocenters. The van der Waals surface area contributed by atoms with Crippen LogP contribution in [-0.2, 0) is 14.8 Å². The quantitative estimate of drug-likeness (QED) is 0.746. The maximum absolute atomic E-state index is 12.1. The minimum atomic E-state index is -3.60. The van der Waals surface area contributed by atoms with Crippen LogP contribution in [0.2, 0.25) is 0 Å². The van der Waals surface area contributed by atoms with Crippen molar-refractivity contribution in [1.82, 2.24) is 9.21 Å². The van der Waals surface area contributed by atoms with Crippen LogP contribution in [0.25, 0.3) is 0 Å². The molecule has 0 aromatic rings. The lowest BCUT2D eigenvalue weighted by atomic mass is 10.2. The van der Waals surface area contributed by atoms with Gasteiger partial charge >= 0.3 is 5.97 Å². The van der Waals surface area contributed by atoms with Crippen molar-refractivity contribution in [3.05, 3.63) is 0 Å². The summed E-state index contributed by atoms with van der Waals surface area (Å²) in [5.41, 5.74) is 0. The van der Waals surface area contributed by atoms with Crippen LogP contribution in [0.15, 0.2) is 0 Å². The number of hydrogen-bond acceptors (Lipinski definition) is 5. The third-order valence-electron chi connectivity index (χ3n) is 3.41. The van der Waals surface area contributed by atoms with E-state index in [1.165, 1.54) is 4.31 Å². The molecule has 0 aliphatic carbocycles. The van der Waals surface area contributed by atoms with Gasteiger partial charge in [0.2, 0.25) is 10.0 Å². The van der Waals surface area contributed by atoms with E-state index in [4.69, 9.17) is 10.4 Å². The van der Waals surface area contributed by atoms with Crippen molar-refractivity contribution in [2.75, 3.05) is 26.2 Å². The second-order valence-electron chi connectivity index (χ2n) is 4.52. The molecule has 7 nitrogen and oxygen atoms in total. The third-order valence-corrected chi connectivity index (χ3v) is 5.66. The van der Waals surface area contributed by atoms with Crippen LogP contribution in [0.4, 0.5) is 0 Å². The Morgan fingerprint density at radius 1 is 1.37 bits per heavy atom. The lowest BCUT2D eigenvalue weighted by Crippen LogP contribution is -2.54. The highest BCUT2D eigenvalue weighted by atomic mass is 32.2. The Morgan fingerprint density at radius 3 is 2.26 bits per heavy atom. The SMILES string of the molecule is CCC(C#N)S(=O)(=O)N1CCN(C(C)C(=O)O)CC1. The van der Waals surface area contributed by atoms with Crippen molar-refractivity contribution >= 4 is 16.0 Å². The molecule has 108 valence electrons. The number of carboxylic acid groups (broad SMARTS) is 1. The molecule has 0 saturated carbocycles. The molecule has 1 saturated heterocycles. The van der Waals surface area contributed by atoms with E-state index >= 15 is 0 Å². The van der Waals surface area contributed by atoms with Gasteiger partial charge in [-0.15, -0.1) is 0 Å². The molecule has 1 N–H and O–H groups in total. The van der Waals surface area contributed by atoms with Gasteiger partial charge in [0.05, 0.1) is 6.07 Å². The first-order chi connectivity index (χ1) is 8.84. The van der Waals surface area contributed by atoms with Gasteiger partial charge in [-0.2, -0.15) is 9.57 Å². The largest absolute Gasteiger partial charge is 0.480 e. The Balaban J connectivity index is 2.69. The molecular formula is C11H19N3O4S. The third kappa shape index (κ3) is 3.43. The fraction of sp³-hybridized carbons (Fsp3) is 0.818. The molecule has 0 spiro atoms. The van der Waals surface area contributed by atoms with Crippen LogP contribution in [0.3, 0.4) is 0 Å². The number of rotatable bonds is 5. The predicted molar refractivity (Wildman–Crippen MR) is 68.9 cm³/mol. The summed E-state index contributed by atoms with van der Waals surface area (Å²) in [7, 11) is -3.60.